The molecule has 0 saturated heterocycles. The monoisotopic (exact) mass is 338 g/mol. The van der Waals surface area contributed by atoms with Gasteiger partial charge in [0.15, 0.2) is 0 Å². The molecule has 1 N–H and O–H groups in total. The first-order valence-electron chi connectivity index (χ1n) is 8.31. The van der Waals surface area contributed by atoms with Gasteiger partial charge in [-0.1, -0.05) is 34.5 Å². The highest BCUT2D eigenvalue weighted by Gasteiger charge is 2.48. The van der Waals surface area contributed by atoms with Crippen LogP contribution in [0.4, 0.5) is 0 Å². The normalized spacial score (nSPS) is 45.2. The Morgan fingerprint density at radius 1 is 1.20 bits per heavy atom. The minimum atomic E-state index is -0.135. The highest BCUT2D eigenvalue weighted by molar-refractivity contribution is 9.11. The van der Waals surface area contributed by atoms with E-state index in [2.05, 4.69) is 33.9 Å². The fourth-order valence-corrected chi connectivity index (χ4v) is 5.60. The summed E-state index contributed by atoms with van der Waals surface area (Å²) in [5.74, 6) is 1.61. The Balaban J connectivity index is 1.72. The molecule has 0 aromatic carbocycles. The zero-order valence-electron chi connectivity index (χ0n) is 12.6. The smallest absolute Gasteiger partial charge is 0.0750 e. The van der Waals surface area contributed by atoms with Crippen molar-refractivity contribution >= 4 is 15.9 Å². The average Bonchev–Trinajstić information content (AvgIpc) is 2.99. The summed E-state index contributed by atoms with van der Waals surface area (Å²) in [6.45, 7) is 2.52. The Hall–Kier alpha value is -0.0800. The second-order valence-corrected chi connectivity index (χ2v) is 7.75. The van der Waals surface area contributed by atoms with Gasteiger partial charge in [-0.05, 0) is 85.6 Å². The molecule has 3 rings (SSSR count). The van der Waals surface area contributed by atoms with E-state index in [1.807, 2.05) is 0 Å². The average molecular weight is 339 g/mol. The molecule has 0 heterocycles. The van der Waals surface area contributed by atoms with Gasteiger partial charge in [0.25, 0.3) is 0 Å². The minimum absolute atomic E-state index is 0.135. The molecule has 3 fully saturated rings. The maximum Gasteiger partial charge on any atom is 0.0750 e. The summed E-state index contributed by atoms with van der Waals surface area (Å²) in [5, 5.41) is 9.96. The fourth-order valence-electron chi connectivity index (χ4n) is 5.05. The predicted octanol–water partition coefficient (Wildman–Crippen LogP) is 5.34. The molecule has 0 aromatic rings. The van der Waals surface area contributed by atoms with Gasteiger partial charge in [0.05, 0.1) is 6.10 Å². The third kappa shape index (κ3) is 2.54. The molecule has 3 aliphatic carbocycles. The standard InChI is InChI=1S/C18H27BrO/c1-18-11-3-5-14(12-19)16(18)10-9-15(18)8-7-13-4-2-6-17(13)20/h7,12,15-17,20H,2-6,8-11H2,1H3/b13-7+,14-12+. The van der Waals surface area contributed by atoms with Gasteiger partial charge in [-0.2, -0.15) is 0 Å². The zero-order chi connectivity index (χ0) is 14.2. The first kappa shape index (κ1) is 14.8. The van der Waals surface area contributed by atoms with Crippen molar-refractivity contribution in [2.45, 2.75) is 70.8 Å². The lowest BCUT2D eigenvalue weighted by molar-refractivity contribution is 0.137. The summed E-state index contributed by atoms with van der Waals surface area (Å²) >= 11 is 3.59. The maximum absolute atomic E-state index is 9.96. The van der Waals surface area contributed by atoms with E-state index in [1.54, 1.807) is 5.57 Å². The van der Waals surface area contributed by atoms with E-state index in [9.17, 15) is 5.11 Å². The Labute approximate surface area is 131 Å². The van der Waals surface area contributed by atoms with Gasteiger partial charge in [-0.25, -0.2) is 0 Å². The first-order chi connectivity index (χ1) is 9.65. The van der Waals surface area contributed by atoms with Crippen LogP contribution in [0.2, 0.25) is 0 Å². The molecule has 0 radical (unpaired) electrons. The SMILES string of the molecule is CC12CCC/C(=C\Br)C1CCC2C/C=C1\CCCC1O. The lowest BCUT2D eigenvalue weighted by Crippen LogP contribution is -2.33. The highest BCUT2D eigenvalue weighted by Crippen LogP contribution is 2.58. The van der Waals surface area contributed by atoms with Crippen LogP contribution in [0.5, 0.6) is 0 Å². The fraction of sp³-hybridized carbons (Fsp3) is 0.778. The van der Waals surface area contributed by atoms with Crippen LogP contribution in [0.1, 0.15) is 64.7 Å². The number of fused-ring (bicyclic) bond motifs is 1. The number of hydrogen-bond acceptors (Lipinski definition) is 1. The molecule has 4 atom stereocenters. The van der Waals surface area contributed by atoms with E-state index < -0.39 is 0 Å². The summed E-state index contributed by atoms with van der Waals surface area (Å²) in [7, 11) is 0. The lowest BCUT2D eigenvalue weighted by Gasteiger charge is -2.42. The molecule has 1 nitrogen and oxygen atoms in total. The van der Waals surface area contributed by atoms with E-state index in [0.717, 1.165) is 24.7 Å². The largest absolute Gasteiger partial charge is 0.389 e. The molecule has 0 spiro atoms. The zero-order valence-corrected chi connectivity index (χ0v) is 14.2. The van der Waals surface area contributed by atoms with Crippen LogP contribution in [0.15, 0.2) is 22.2 Å². The topological polar surface area (TPSA) is 20.2 Å². The van der Waals surface area contributed by atoms with Crippen LogP contribution in [0.3, 0.4) is 0 Å². The third-order valence-corrected chi connectivity index (χ3v) is 6.92. The van der Waals surface area contributed by atoms with E-state index >= 15 is 0 Å². The Bertz CT molecular complexity index is 425. The van der Waals surface area contributed by atoms with Crippen LogP contribution >= 0.6 is 15.9 Å². The summed E-state index contributed by atoms with van der Waals surface area (Å²) in [5.41, 5.74) is 3.47. The van der Waals surface area contributed by atoms with Crippen LogP contribution < -0.4 is 0 Å². The van der Waals surface area contributed by atoms with Crippen LogP contribution in [0.25, 0.3) is 0 Å². The molecule has 20 heavy (non-hydrogen) atoms. The van der Waals surface area contributed by atoms with Crippen molar-refractivity contribution in [3.8, 4) is 0 Å². The molecule has 3 aliphatic rings. The summed E-state index contributed by atoms with van der Waals surface area (Å²) in [6, 6.07) is 0. The molecule has 0 amide bonds. The number of allylic oxidation sites excluding steroid dienone is 2. The second-order valence-electron chi connectivity index (χ2n) is 7.29. The van der Waals surface area contributed by atoms with Gasteiger partial charge in [0.1, 0.15) is 0 Å². The van der Waals surface area contributed by atoms with Gasteiger partial charge in [-0.3, -0.25) is 0 Å². The molecule has 3 saturated carbocycles. The number of aliphatic hydroxyl groups is 1. The molecule has 0 aliphatic heterocycles. The third-order valence-electron chi connectivity index (χ3n) is 6.34. The molecular weight excluding hydrogens is 312 g/mol. The highest BCUT2D eigenvalue weighted by atomic mass is 79.9. The van der Waals surface area contributed by atoms with Crippen LogP contribution in [-0.2, 0) is 0 Å². The Morgan fingerprint density at radius 3 is 2.70 bits per heavy atom. The number of hydrogen-bond donors (Lipinski definition) is 1. The number of aliphatic hydroxyl groups excluding tert-OH is 1. The van der Waals surface area contributed by atoms with Gasteiger partial charge in [0, 0.05) is 0 Å². The summed E-state index contributed by atoms with van der Waals surface area (Å²) < 4.78 is 0. The lowest BCUT2D eigenvalue weighted by atomic mass is 9.63. The number of halogens is 1. The maximum atomic E-state index is 9.96. The predicted molar refractivity (Wildman–Crippen MR) is 87.7 cm³/mol. The molecule has 0 aromatic heterocycles. The van der Waals surface area contributed by atoms with E-state index in [1.165, 1.54) is 50.5 Å². The van der Waals surface area contributed by atoms with E-state index in [0.29, 0.717) is 5.41 Å². The van der Waals surface area contributed by atoms with Crippen molar-refractivity contribution in [1.29, 1.82) is 0 Å². The molecular formula is C18H27BrO. The van der Waals surface area contributed by atoms with Gasteiger partial charge < -0.3 is 5.11 Å². The first-order valence-corrected chi connectivity index (χ1v) is 9.23. The van der Waals surface area contributed by atoms with Crippen molar-refractivity contribution in [3.05, 3.63) is 22.2 Å². The second kappa shape index (κ2) is 5.96. The van der Waals surface area contributed by atoms with Crippen LogP contribution in [0, 0.1) is 17.3 Å². The van der Waals surface area contributed by atoms with Gasteiger partial charge in [0.2, 0.25) is 0 Å². The van der Waals surface area contributed by atoms with Crippen molar-refractivity contribution < 1.29 is 5.11 Å². The molecule has 2 heteroatoms. The van der Waals surface area contributed by atoms with E-state index in [-0.39, 0.29) is 6.10 Å². The van der Waals surface area contributed by atoms with Gasteiger partial charge in [-0.15, -0.1) is 0 Å². The van der Waals surface area contributed by atoms with Crippen LogP contribution in [-0.4, -0.2) is 11.2 Å². The molecule has 112 valence electrons. The summed E-state index contributed by atoms with van der Waals surface area (Å²) in [6.07, 6.45) is 13.5. The van der Waals surface area contributed by atoms with Gasteiger partial charge >= 0.3 is 0 Å². The summed E-state index contributed by atoms with van der Waals surface area (Å²) in [4.78, 5) is 2.21. The van der Waals surface area contributed by atoms with Crippen molar-refractivity contribution in [2.75, 3.05) is 0 Å². The van der Waals surface area contributed by atoms with Crippen molar-refractivity contribution in [1.82, 2.24) is 0 Å². The van der Waals surface area contributed by atoms with Crippen molar-refractivity contribution in [2.24, 2.45) is 17.3 Å². The van der Waals surface area contributed by atoms with E-state index in [4.69, 9.17) is 0 Å². The number of rotatable bonds is 2. The van der Waals surface area contributed by atoms with Crippen molar-refractivity contribution in [3.63, 3.8) is 0 Å². The molecule has 0 bridgehead atoms. The molecule has 4 unspecified atom stereocenters. The Morgan fingerprint density at radius 2 is 2.00 bits per heavy atom. The quantitative estimate of drug-likeness (QED) is 0.673. The minimum Gasteiger partial charge on any atom is -0.389 e. The Kier molecular flexibility index (Phi) is 4.42.